The topological polar surface area (TPSA) is 65.7 Å². The molecule has 24 heavy (non-hydrogen) atoms. The third-order valence-electron chi connectivity index (χ3n) is 4.11. The van der Waals surface area contributed by atoms with Crippen LogP contribution in [-0.2, 0) is 6.54 Å². The van der Waals surface area contributed by atoms with Gasteiger partial charge in [-0.05, 0) is 18.6 Å². The number of ether oxygens (including phenoxy) is 3. The Morgan fingerprint density at radius 2 is 2.04 bits per heavy atom. The number of hydrogen-bond donors (Lipinski definition) is 1. The largest absolute Gasteiger partial charge is 0.497 e. The SMILES string of the molecule is COc1cccc(-c2nc3cc4c(cc3n2CCCO)OCO4)c1. The van der Waals surface area contributed by atoms with Crippen LogP contribution in [0.1, 0.15) is 6.42 Å². The van der Waals surface area contributed by atoms with E-state index in [4.69, 9.17) is 19.2 Å². The van der Waals surface area contributed by atoms with Crippen LogP contribution in [-0.4, -0.2) is 35.2 Å². The van der Waals surface area contributed by atoms with E-state index in [0.29, 0.717) is 18.7 Å². The Bertz CT molecular complexity index is 888. The lowest BCUT2D eigenvalue weighted by atomic mass is 10.2. The molecular weight excluding hydrogens is 308 g/mol. The Kier molecular flexibility index (Phi) is 3.74. The first-order valence-corrected chi connectivity index (χ1v) is 7.85. The van der Waals surface area contributed by atoms with Crippen LogP contribution in [0.5, 0.6) is 17.2 Å². The van der Waals surface area contributed by atoms with Crippen molar-refractivity contribution in [3.63, 3.8) is 0 Å². The number of aliphatic hydroxyl groups excluding tert-OH is 1. The number of hydrogen-bond acceptors (Lipinski definition) is 5. The second kappa shape index (κ2) is 6.05. The summed E-state index contributed by atoms with van der Waals surface area (Å²) in [5, 5.41) is 9.24. The molecule has 6 heteroatoms. The zero-order valence-electron chi connectivity index (χ0n) is 13.4. The predicted octanol–water partition coefficient (Wildman–Crippen LogP) is 2.82. The van der Waals surface area contributed by atoms with Gasteiger partial charge in [0.25, 0.3) is 0 Å². The van der Waals surface area contributed by atoms with E-state index < -0.39 is 0 Å². The van der Waals surface area contributed by atoms with Crippen LogP contribution in [0.2, 0.25) is 0 Å². The number of fused-ring (bicyclic) bond motifs is 2. The third kappa shape index (κ3) is 2.45. The van der Waals surface area contributed by atoms with Gasteiger partial charge in [-0.25, -0.2) is 4.98 Å². The molecule has 0 saturated heterocycles. The van der Waals surface area contributed by atoms with Crippen molar-refractivity contribution >= 4 is 11.0 Å². The number of methoxy groups -OCH3 is 1. The number of imidazole rings is 1. The van der Waals surface area contributed by atoms with Gasteiger partial charge in [0.15, 0.2) is 11.5 Å². The van der Waals surface area contributed by atoms with E-state index in [2.05, 4.69) is 4.57 Å². The van der Waals surface area contributed by atoms with Gasteiger partial charge in [0.05, 0.1) is 18.1 Å². The summed E-state index contributed by atoms with van der Waals surface area (Å²) in [7, 11) is 1.65. The van der Waals surface area contributed by atoms with Crippen molar-refractivity contribution in [2.45, 2.75) is 13.0 Å². The minimum absolute atomic E-state index is 0.127. The summed E-state index contributed by atoms with van der Waals surface area (Å²) in [5.74, 6) is 3.06. The van der Waals surface area contributed by atoms with Gasteiger partial charge in [-0.1, -0.05) is 12.1 Å². The number of aromatic nitrogens is 2. The fourth-order valence-corrected chi connectivity index (χ4v) is 2.95. The second-order valence-electron chi connectivity index (χ2n) is 5.59. The highest BCUT2D eigenvalue weighted by Crippen LogP contribution is 2.38. The van der Waals surface area contributed by atoms with Crippen LogP contribution >= 0.6 is 0 Å². The number of rotatable bonds is 5. The molecule has 1 N–H and O–H groups in total. The second-order valence-corrected chi connectivity index (χ2v) is 5.59. The van der Waals surface area contributed by atoms with Crippen LogP contribution < -0.4 is 14.2 Å². The highest BCUT2D eigenvalue weighted by Gasteiger charge is 2.20. The normalized spacial score (nSPS) is 12.8. The molecule has 0 atom stereocenters. The van der Waals surface area contributed by atoms with Crippen LogP contribution in [0.4, 0.5) is 0 Å². The summed E-state index contributed by atoms with van der Waals surface area (Å²) in [6, 6.07) is 11.6. The van der Waals surface area contributed by atoms with E-state index >= 15 is 0 Å². The molecule has 0 spiro atoms. The maximum Gasteiger partial charge on any atom is 0.231 e. The molecule has 1 aliphatic heterocycles. The van der Waals surface area contributed by atoms with Gasteiger partial charge in [-0.2, -0.15) is 0 Å². The van der Waals surface area contributed by atoms with Gasteiger partial charge in [0, 0.05) is 30.8 Å². The van der Waals surface area contributed by atoms with E-state index in [-0.39, 0.29) is 13.4 Å². The van der Waals surface area contributed by atoms with Crippen molar-refractivity contribution in [1.82, 2.24) is 9.55 Å². The minimum atomic E-state index is 0.127. The van der Waals surface area contributed by atoms with Gasteiger partial charge in [0.2, 0.25) is 6.79 Å². The minimum Gasteiger partial charge on any atom is -0.497 e. The molecule has 0 amide bonds. The van der Waals surface area contributed by atoms with Gasteiger partial charge < -0.3 is 23.9 Å². The lowest BCUT2D eigenvalue weighted by Crippen LogP contribution is -2.02. The van der Waals surface area contributed by atoms with Crippen molar-refractivity contribution in [1.29, 1.82) is 0 Å². The molecule has 0 aliphatic carbocycles. The molecule has 2 aromatic carbocycles. The van der Waals surface area contributed by atoms with Crippen molar-refractivity contribution in [2.75, 3.05) is 20.5 Å². The quantitative estimate of drug-likeness (QED) is 0.781. The number of aryl methyl sites for hydroxylation is 1. The average Bonchev–Trinajstić information content (AvgIpc) is 3.21. The Morgan fingerprint density at radius 1 is 1.21 bits per heavy atom. The summed E-state index contributed by atoms with van der Waals surface area (Å²) in [5.41, 5.74) is 2.77. The van der Waals surface area contributed by atoms with E-state index in [1.807, 2.05) is 36.4 Å². The third-order valence-corrected chi connectivity index (χ3v) is 4.11. The van der Waals surface area contributed by atoms with Crippen molar-refractivity contribution < 1.29 is 19.3 Å². The maximum atomic E-state index is 9.24. The molecule has 0 saturated carbocycles. The van der Waals surface area contributed by atoms with Gasteiger partial charge >= 0.3 is 0 Å². The molecule has 0 bridgehead atoms. The Labute approximate surface area is 139 Å². The Balaban J connectivity index is 1.89. The predicted molar refractivity (Wildman–Crippen MR) is 89.5 cm³/mol. The lowest BCUT2D eigenvalue weighted by molar-refractivity contribution is 0.174. The lowest BCUT2D eigenvalue weighted by Gasteiger charge is -2.09. The maximum absolute atomic E-state index is 9.24. The Hall–Kier alpha value is -2.73. The van der Waals surface area contributed by atoms with E-state index in [0.717, 1.165) is 33.9 Å². The molecule has 1 aliphatic rings. The molecule has 0 radical (unpaired) electrons. The number of nitrogens with zero attached hydrogens (tertiary/aromatic N) is 2. The van der Waals surface area contributed by atoms with E-state index in [9.17, 15) is 5.11 Å². The first-order chi connectivity index (χ1) is 11.8. The van der Waals surface area contributed by atoms with Gasteiger partial charge in [0.1, 0.15) is 11.6 Å². The van der Waals surface area contributed by atoms with Crippen LogP contribution in [0.15, 0.2) is 36.4 Å². The molecule has 0 unspecified atom stereocenters. The summed E-state index contributed by atoms with van der Waals surface area (Å²) in [6.07, 6.45) is 0.650. The summed E-state index contributed by atoms with van der Waals surface area (Å²) in [6.45, 7) is 1.03. The molecule has 0 fully saturated rings. The van der Waals surface area contributed by atoms with Crippen molar-refractivity contribution in [3.8, 4) is 28.6 Å². The average molecular weight is 326 g/mol. The molecule has 124 valence electrons. The molecule has 6 nitrogen and oxygen atoms in total. The first kappa shape index (κ1) is 14.8. The molecule has 4 rings (SSSR count). The molecule has 3 aromatic rings. The number of benzene rings is 2. The zero-order valence-corrected chi connectivity index (χ0v) is 13.4. The van der Waals surface area contributed by atoms with Gasteiger partial charge in [-0.3, -0.25) is 0 Å². The van der Waals surface area contributed by atoms with E-state index in [1.165, 1.54) is 0 Å². The molecule has 2 heterocycles. The van der Waals surface area contributed by atoms with Crippen LogP contribution in [0, 0.1) is 0 Å². The number of aliphatic hydroxyl groups is 1. The standard InChI is InChI=1S/C18H18N2O4/c1-22-13-5-2-4-12(8-13)18-19-14-9-16-17(24-11-23-16)10-15(14)20(18)6-3-7-21/h2,4-5,8-10,21H,3,6-7,11H2,1H3. The summed E-state index contributed by atoms with van der Waals surface area (Å²) in [4.78, 5) is 4.78. The fourth-order valence-electron chi connectivity index (χ4n) is 2.95. The first-order valence-electron chi connectivity index (χ1n) is 7.85. The smallest absolute Gasteiger partial charge is 0.231 e. The van der Waals surface area contributed by atoms with Gasteiger partial charge in [-0.15, -0.1) is 0 Å². The van der Waals surface area contributed by atoms with Crippen LogP contribution in [0.25, 0.3) is 22.4 Å². The van der Waals surface area contributed by atoms with Crippen LogP contribution in [0.3, 0.4) is 0 Å². The monoisotopic (exact) mass is 326 g/mol. The van der Waals surface area contributed by atoms with Crippen molar-refractivity contribution in [2.24, 2.45) is 0 Å². The summed E-state index contributed by atoms with van der Waals surface area (Å²) >= 11 is 0. The van der Waals surface area contributed by atoms with E-state index in [1.54, 1.807) is 7.11 Å². The Morgan fingerprint density at radius 3 is 2.83 bits per heavy atom. The molecule has 1 aromatic heterocycles. The zero-order chi connectivity index (χ0) is 16.5. The fraction of sp³-hybridized carbons (Fsp3) is 0.278. The molecular formula is C18H18N2O4. The highest BCUT2D eigenvalue weighted by atomic mass is 16.7. The van der Waals surface area contributed by atoms with Crippen molar-refractivity contribution in [3.05, 3.63) is 36.4 Å². The highest BCUT2D eigenvalue weighted by molar-refractivity contribution is 5.84. The summed E-state index contributed by atoms with van der Waals surface area (Å²) < 4.78 is 18.4.